The Morgan fingerprint density at radius 3 is 2.78 bits per heavy atom. The molecule has 18 heavy (non-hydrogen) atoms. The van der Waals surface area contributed by atoms with Gasteiger partial charge in [0.15, 0.2) is 0 Å². The van der Waals surface area contributed by atoms with Crippen LogP contribution in [0.3, 0.4) is 0 Å². The van der Waals surface area contributed by atoms with Gasteiger partial charge in [-0.05, 0) is 38.6 Å². The topological polar surface area (TPSA) is 78.6 Å². The Morgan fingerprint density at radius 2 is 2.22 bits per heavy atom. The van der Waals surface area contributed by atoms with Crippen LogP contribution in [0.1, 0.15) is 12.5 Å². The number of anilines is 2. The number of hydrogen-bond donors (Lipinski definition) is 3. The molecule has 1 aromatic rings. The molecular weight excluding hydrogens is 230 g/mol. The van der Waals surface area contributed by atoms with Crippen LogP contribution in [0.5, 0.6) is 0 Å². The molecule has 100 valence electrons. The SMILES string of the molecule is Cc1ccc(NC(=O)CN(C)CC(C)O)c(N)c1. The second-order valence-electron chi connectivity index (χ2n) is 4.68. The first kappa shape index (κ1) is 14.5. The van der Waals surface area contributed by atoms with Crippen molar-refractivity contribution in [3.05, 3.63) is 23.8 Å². The molecule has 1 unspecified atom stereocenters. The highest BCUT2D eigenvalue weighted by molar-refractivity contribution is 5.95. The van der Waals surface area contributed by atoms with E-state index in [2.05, 4.69) is 5.32 Å². The van der Waals surface area contributed by atoms with Gasteiger partial charge in [0.2, 0.25) is 5.91 Å². The van der Waals surface area contributed by atoms with Crippen molar-refractivity contribution in [3.63, 3.8) is 0 Å². The van der Waals surface area contributed by atoms with Gasteiger partial charge < -0.3 is 16.2 Å². The van der Waals surface area contributed by atoms with Crippen LogP contribution in [0, 0.1) is 6.92 Å². The van der Waals surface area contributed by atoms with Gasteiger partial charge in [0.1, 0.15) is 0 Å². The highest BCUT2D eigenvalue weighted by Gasteiger charge is 2.10. The number of hydrogen-bond acceptors (Lipinski definition) is 4. The van der Waals surface area contributed by atoms with Crippen molar-refractivity contribution in [2.75, 3.05) is 31.2 Å². The van der Waals surface area contributed by atoms with E-state index in [1.807, 2.05) is 19.1 Å². The fourth-order valence-corrected chi connectivity index (χ4v) is 1.75. The summed E-state index contributed by atoms with van der Waals surface area (Å²) in [6.07, 6.45) is -0.452. The van der Waals surface area contributed by atoms with Gasteiger partial charge >= 0.3 is 0 Å². The minimum Gasteiger partial charge on any atom is -0.397 e. The Labute approximate surface area is 108 Å². The minimum atomic E-state index is -0.452. The quantitative estimate of drug-likeness (QED) is 0.677. The van der Waals surface area contributed by atoms with Gasteiger partial charge in [0.05, 0.1) is 24.0 Å². The minimum absolute atomic E-state index is 0.145. The fourth-order valence-electron chi connectivity index (χ4n) is 1.75. The summed E-state index contributed by atoms with van der Waals surface area (Å²) in [5.74, 6) is -0.145. The van der Waals surface area contributed by atoms with E-state index in [0.29, 0.717) is 17.9 Å². The summed E-state index contributed by atoms with van der Waals surface area (Å²) in [7, 11) is 1.78. The number of aryl methyl sites for hydroxylation is 1. The van der Waals surface area contributed by atoms with Gasteiger partial charge in [-0.1, -0.05) is 6.07 Å². The molecule has 0 spiro atoms. The Balaban J connectivity index is 2.54. The van der Waals surface area contributed by atoms with Crippen LogP contribution in [0.4, 0.5) is 11.4 Å². The van der Waals surface area contributed by atoms with E-state index in [9.17, 15) is 9.90 Å². The lowest BCUT2D eigenvalue weighted by Gasteiger charge is -2.18. The first-order valence-electron chi connectivity index (χ1n) is 5.91. The van der Waals surface area contributed by atoms with Crippen molar-refractivity contribution in [2.45, 2.75) is 20.0 Å². The predicted molar refractivity (Wildman–Crippen MR) is 73.4 cm³/mol. The Kier molecular flexibility index (Phi) is 5.12. The van der Waals surface area contributed by atoms with Crippen LogP contribution in [-0.4, -0.2) is 42.2 Å². The van der Waals surface area contributed by atoms with Crippen molar-refractivity contribution in [1.29, 1.82) is 0 Å². The smallest absolute Gasteiger partial charge is 0.238 e. The summed E-state index contributed by atoms with van der Waals surface area (Å²) in [6, 6.07) is 5.50. The van der Waals surface area contributed by atoms with Crippen molar-refractivity contribution >= 4 is 17.3 Å². The second-order valence-corrected chi connectivity index (χ2v) is 4.68. The number of nitrogen functional groups attached to an aromatic ring is 1. The van der Waals surface area contributed by atoms with Crippen molar-refractivity contribution < 1.29 is 9.90 Å². The molecule has 0 aliphatic heterocycles. The van der Waals surface area contributed by atoms with E-state index in [1.54, 1.807) is 24.9 Å². The molecule has 5 nitrogen and oxygen atoms in total. The number of aliphatic hydroxyl groups is 1. The third kappa shape index (κ3) is 4.73. The summed E-state index contributed by atoms with van der Waals surface area (Å²) in [4.78, 5) is 13.5. The summed E-state index contributed by atoms with van der Waals surface area (Å²) in [5, 5.41) is 12.0. The summed E-state index contributed by atoms with van der Waals surface area (Å²) in [5.41, 5.74) is 8.04. The number of nitrogens with two attached hydrogens (primary N) is 1. The fraction of sp³-hybridized carbons (Fsp3) is 0.462. The first-order chi connectivity index (χ1) is 8.38. The normalized spacial score (nSPS) is 12.5. The molecule has 0 saturated carbocycles. The zero-order valence-electron chi connectivity index (χ0n) is 11.1. The molecule has 5 heteroatoms. The molecule has 0 bridgehead atoms. The number of carbonyl (C=O) groups excluding carboxylic acids is 1. The number of likely N-dealkylation sites (N-methyl/N-ethyl adjacent to an activating group) is 1. The van der Waals surface area contributed by atoms with Crippen molar-refractivity contribution in [1.82, 2.24) is 4.90 Å². The molecular formula is C13H21N3O2. The van der Waals surface area contributed by atoms with Crippen molar-refractivity contribution in [2.24, 2.45) is 0 Å². The van der Waals surface area contributed by atoms with E-state index >= 15 is 0 Å². The van der Waals surface area contributed by atoms with E-state index < -0.39 is 6.10 Å². The third-order valence-electron chi connectivity index (χ3n) is 2.47. The van der Waals surface area contributed by atoms with Gasteiger partial charge in [-0.15, -0.1) is 0 Å². The third-order valence-corrected chi connectivity index (χ3v) is 2.47. The number of benzene rings is 1. The van der Waals surface area contributed by atoms with E-state index in [-0.39, 0.29) is 12.5 Å². The molecule has 1 aromatic carbocycles. The van der Waals surface area contributed by atoms with Crippen molar-refractivity contribution in [3.8, 4) is 0 Å². The predicted octanol–water partition coefficient (Wildman–Crippen LogP) is 0.828. The molecule has 1 rings (SSSR count). The Hall–Kier alpha value is -1.59. The van der Waals surface area contributed by atoms with Crippen LogP contribution >= 0.6 is 0 Å². The maximum atomic E-state index is 11.8. The molecule has 4 N–H and O–H groups in total. The van der Waals surface area contributed by atoms with Gasteiger partial charge in [-0.2, -0.15) is 0 Å². The largest absolute Gasteiger partial charge is 0.397 e. The molecule has 0 radical (unpaired) electrons. The first-order valence-corrected chi connectivity index (χ1v) is 5.91. The summed E-state index contributed by atoms with van der Waals surface area (Å²) in [6.45, 7) is 4.31. The number of nitrogens with one attached hydrogen (secondary N) is 1. The second kappa shape index (κ2) is 6.37. The number of carbonyl (C=O) groups is 1. The van der Waals surface area contributed by atoms with Crippen LogP contribution in [-0.2, 0) is 4.79 Å². The van der Waals surface area contributed by atoms with E-state index in [4.69, 9.17) is 5.73 Å². The molecule has 0 heterocycles. The van der Waals surface area contributed by atoms with Crippen LogP contribution in [0.15, 0.2) is 18.2 Å². The maximum Gasteiger partial charge on any atom is 0.238 e. The molecule has 1 atom stereocenters. The number of rotatable bonds is 5. The lowest BCUT2D eigenvalue weighted by Crippen LogP contribution is -2.34. The lowest BCUT2D eigenvalue weighted by atomic mass is 10.2. The zero-order chi connectivity index (χ0) is 13.7. The number of amides is 1. The number of aliphatic hydroxyl groups excluding tert-OH is 1. The van der Waals surface area contributed by atoms with E-state index in [0.717, 1.165) is 5.56 Å². The lowest BCUT2D eigenvalue weighted by molar-refractivity contribution is -0.117. The van der Waals surface area contributed by atoms with Gasteiger partial charge in [-0.3, -0.25) is 9.69 Å². The Bertz CT molecular complexity index is 419. The summed E-state index contributed by atoms with van der Waals surface area (Å²) < 4.78 is 0. The monoisotopic (exact) mass is 251 g/mol. The van der Waals surface area contributed by atoms with Gasteiger partial charge in [0.25, 0.3) is 0 Å². The van der Waals surface area contributed by atoms with Gasteiger partial charge in [-0.25, -0.2) is 0 Å². The van der Waals surface area contributed by atoms with Gasteiger partial charge in [0, 0.05) is 6.54 Å². The molecule has 0 aromatic heterocycles. The maximum absolute atomic E-state index is 11.8. The van der Waals surface area contributed by atoms with Crippen LogP contribution in [0.2, 0.25) is 0 Å². The van der Waals surface area contributed by atoms with E-state index in [1.165, 1.54) is 0 Å². The zero-order valence-corrected chi connectivity index (χ0v) is 11.1. The Morgan fingerprint density at radius 1 is 1.56 bits per heavy atom. The molecule has 0 aliphatic rings. The molecule has 0 saturated heterocycles. The average Bonchev–Trinajstić information content (AvgIpc) is 2.20. The number of nitrogens with zero attached hydrogens (tertiary/aromatic N) is 1. The van der Waals surface area contributed by atoms with Crippen LogP contribution < -0.4 is 11.1 Å². The molecule has 1 amide bonds. The average molecular weight is 251 g/mol. The van der Waals surface area contributed by atoms with Crippen LogP contribution in [0.25, 0.3) is 0 Å². The molecule has 0 aliphatic carbocycles. The standard InChI is InChI=1S/C13H21N3O2/c1-9-4-5-12(11(14)6-9)15-13(18)8-16(3)7-10(2)17/h4-6,10,17H,7-8,14H2,1-3H3,(H,15,18). The molecule has 0 fully saturated rings. The highest BCUT2D eigenvalue weighted by atomic mass is 16.3. The highest BCUT2D eigenvalue weighted by Crippen LogP contribution is 2.19. The summed E-state index contributed by atoms with van der Waals surface area (Å²) >= 11 is 0.